The van der Waals surface area contributed by atoms with E-state index in [-0.39, 0.29) is 5.92 Å². The van der Waals surface area contributed by atoms with Crippen LogP contribution in [0, 0.1) is 10.8 Å². The van der Waals surface area contributed by atoms with Gasteiger partial charge in [0.15, 0.2) is 6.17 Å². The Morgan fingerprint density at radius 1 is 0.842 bits per heavy atom. The summed E-state index contributed by atoms with van der Waals surface area (Å²) in [5.74, 6) is 0.137. The summed E-state index contributed by atoms with van der Waals surface area (Å²) in [6.45, 7) is 4.01. The molecule has 0 heterocycles. The molecule has 1 unspecified atom stereocenters. The average Bonchev–Trinajstić information content (AvgIpc) is 2.46. The molecule has 0 N–H and O–H groups in total. The molecule has 0 amide bonds. The first-order valence-electron chi connectivity index (χ1n) is 6.46. The minimum absolute atomic E-state index is 0.137. The summed E-state index contributed by atoms with van der Waals surface area (Å²) in [4.78, 5) is 13.2. The van der Waals surface area contributed by atoms with Crippen molar-refractivity contribution in [2.45, 2.75) is 20.0 Å². The minimum atomic E-state index is -0.412. The monoisotopic (exact) mass is 254 g/mol. The molecule has 0 aromatic heterocycles. The highest BCUT2D eigenvalue weighted by Gasteiger charge is 2.24. The molecule has 0 bridgehead atoms. The lowest BCUT2D eigenvalue weighted by Gasteiger charge is -2.31. The van der Waals surface area contributed by atoms with Crippen molar-refractivity contribution in [2.24, 2.45) is 11.1 Å². The first-order valence-corrected chi connectivity index (χ1v) is 6.46. The van der Waals surface area contributed by atoms with Crippen molar-refractivity contribution in [2.75, 3.05) is 4.90 Å². The third kappa shape index (κ3) is 2.99. The van der Waals surface area contributed by atoms with E-state index in [4.69, 9.17) is 0 Å². The van der Waals surface area contributed by atoms with Crippen molar-refractivity contribution in [1.29, 1.82) is 0 Å². The first-order chi connectivity index (χ1) is 9.24. The SMILES string of the molecule is CC(C)C(N=O)N(c1ccccc1)c1ccccc1. The fourth-order valence-electron chi connectivity index (χ4n) is 2.10. The summed E-state index contributed by atoms with van der Waals surface area (Å²) in [6, 6.07) is 19.8. The van der Waals surface area contributed by atoms with Gasteiger partial charge in [0.25, 0.3) is 0 Å². The molecule has 0 aliphatic heterocycles. The summed E-state index contributed by atoms with van der Waals surface area (Å²) in [5, 5.41) is 3.32. The van der Waals surface area contributed by atoms with Crippen LogP contribution in [-0.2, 0) is 0 Å². The van der Waals surface area contributed by atoms with Crippen LogP contribution in [0.3, 0.4) is 0 Å². The van der Waals surface area contributed by atoms with E-state index in [2.05, 4.69) is 5.18 Å². The molecule has 0 fully saturated rings. The van der Waals surface area contributed by atoms with Crippen LogP contribution in [0.5, 0.6) is 0 Å². The van der Waals surface area contributed by atoms with E-state index < -0.39 is 6.17 Å². The number of hydrogen-bond acceptors (Lipinski definition) is 3. The molecular formula is C16H18N2O. The topological polar surface area (TPSA) is 32.7 Å². The zero-order chi connectivity index (χ0) is 13.7. The normalized spacial score (nSPS) is 12.2. The van der Waals surface area contributed by atoms with E-state index in [0.29, 0.717) is 0 Å². The molecule has 0 radical (unpaired) electrons. The van der Waals surface area contributed by atoms with Crippen LogP contribution >= 0.6 is 0 Å². The standard InChI is InChI=1S/C16H18N2O/c1-13(2)16(17-19)18(14-9-5-3-6-10-14)15-11-7-4-8-12-15/h3-13,16H,1-2H3. The number of anilines is 2. The molecule has 2 aromatic rings. The molecule has 2 aromatic carbocycles. The second-order valence-corrected chi connectivity index (χ2v) is 4.80. The average molecular weight is 254 g/mol. The molecule has 0 spiro atoms. The van der Waals surface area contributed by atoms with Crippen LogP contribution in [-0.4, -0.2) is 6.17 Å². The van der Waals surface area contributed by atoms with Gasteiger partial charge in [-0.05, 0) is 35.4 Å². The van der Waals surface area contributed by atoms with E-state index in [1.807, 2.05) is 79.4 Å². The Balaban J connectivity index is 2.48. The van der Waals surface area contributed by atoms with Crippen LogP contribution in [0.15, 0.2) is 65.8 Å². The second kappa shape index (κ2) is 6.14. The predicted octanol–water partition coefficient (Wildman–Crippen LogP) is 4.57. The Kier molecular flexibility index (Phi) is 4.29. The molecule has 98 valence electrons. The fourth-order valence-corrected chi connectivity index (χ4v) is 2.10. The lowest BCUT2D eigenvalue weighted by atomic mass is 10.1. The Morgan fingerprint density at radius 2 is 1.26 bits per heavy atom. The minimum Gasteiger partial charge on any atom is -0.315 e. The molecule has 19 heavy (non-hydrogen) atoms. The zero-order valence-corrected chi connectivity index (χ0v) is 11.2. The highest BCUT2D eigenvalue weighted by Crippen LogP contribution is 2.30. The van der Waals surface area contributed by atoms with E-state index >= 15 is 0 Å². The van der Waals surface area contributed by atoms with Gasteiger partial charge in [0.1, 0.15) is 0 Å². The maximum Gasteiger partial charge on any atom is 0.170 e. The third-order valence-corrected chi connectivity index (χ3v) is 3.04. The van der Waals surface area contributed by atoms with E-state index in [1.54, 1.807) is 0 Å². The molecule has 0 saturated carbocycles. The zero-order valence-electron chi connectivity index (χ0n) is 11.2. The molecule has 3 nitrogen and oxygen atoms in total. The molecule has 0 aliphatic carbocycles. The fraction of sp³-hybridized carbons (Fsp3) is 0.250. The Hall–Kier alpha value is -2.16. The number of benzene rings is 2. The number of rotatable bonds is 5. The van der Waals surface area contributed by atoms with Crippen LogP contribution in [0.4, 0.5) is 11.4 Å². The van der Waals surface area contributed by atoms with Gasteiger partial charge in [-0.3, -0.25) is 0 Å². The van der Waals surface area contributed by atoms with Crippen molar-refractivity contribution < 1.29 is 0 Å². The van der Waals surface area contributed by atoms with Crippen molar-refractivity contribution in [3.8, 4) is 0 Å². The third-order valence-electron chi connectivity index (χ3n) is 3.04. The van der Waals surface area contributed by atoms with Gasteiger partial charge in [-0.15, -0.1) is 4.91 Å². The van der Waals surface area contributed by atoms with Crippen LogP contribution in [0.1, 0.15) is 13.8 Å². The van der Waals surface area contributed by atoms with Crippen LogP contribution < -0.4 is 4.90 Å². The second-order valence-electron chi connectivity index (χ2n) is 4.80. The molecule has 0 aliphatic rings. The predicted molar refractivity (Wildman–Crippen MR) is 79.4 cm³/mol. The highest BCUT2D eigenvalue weighted by molar-refractivity contribution is 5.63. The molecule has 3 heteroatoms. The molecule has 2 rings (SSSR count). The van der Waals surface area contributed by atoms with Gasteiger partial charge in [-0.25, -0.2) is 0 Å². The maximum atomic E-state index is 11.2. The Labute approximate surface area is 113 Å². The summed E-state index contributed by atoms with van der Waals surface area (Å²) in [6.07, 6.45) is -0.412. The van der Waals surface area contributed by atoms with Crippen LogP contribution in [0.25, 0.3) is 0 Å². The summed E-state index contributed by atoms with van der Waals surface area (Å²) in [5.41, 5.74) is 1.96. The van der Waals surface area contributed by atoms with Crippen LogP contribution in [0.2, 0.25) is 0 Å². The maximum absolute atomic E-state index is 11.2. The molecule has 0 saturated heterocycles. The largest absolute Gasteiger partial charge is 0.315 e. The number of para-hydroxylation sites is 2. The van der Waals surface area contributed by atoms with Crippen molar-refractivity contribution in [3.05, 3.63) is 65.6 Å². The van der Waals surface area contributed by atoms with E-state index in [0.717, 1.165) is 11.4 Å². The van der Waals surface area contributed by atoms with Gasteiger partial charge < -0.3 is 4.90 Å². The van der Waals surface area contributed by atoms with Crippen molar-refractivity contribution in [1.82, 2.24) is 0 Å². The Bertz CT molecular complexity index is 471. The quantitative estimate of drug-likeness (QED) is 0.732. The van der Waals surface area contributed by atoms with Gasteiger partial charge in [-0.2, -0.15) is 0 Å². The lowest BCUT2D eigenvalue weighted by molar-refractivity contribution is 0.498. The van der Waals surface area contributed by atoms with Crippen molar-refractivity contribution in [3.63, 3.8) is 0 Å². The van der Waals surface area contributed by atoms with Gasteiger partial charge >= 0.3 is 0 Å². The van der Waals surface area contributed by atoms with E-state index in [9.17, 15) is 4.91 Å². The van der Waals surface area contributed by atoms with Crippen molar-refractivity contribution >= 4 is 11.4 Å². The summed E-state index contributed by atoms with van der Waals surface area (Å²) >= 11 is 0. The molecule has 1 atom stereocenters. The van der Waals surface area contributed by atoms with Gasteiger partial charge in [0, 0.05) is 11.4 Å². The van der Waals surface area contributed by atoms with Gasteiger partial charge in [0.05, 0.1) is 0 Å². The first kappa shape index (κ1) is 13.3. The highest BCUT2D eigenvalue weighted by atomic mass is 16.3. The number of hydrogen-bond donors (Lipinski definition) is 0. The molecular weight excluding hydrogens is 236 g/mol. The summed E-state index contributed by atoms with van der Waals surface area (Å²) in [7, 11) is 0. The number of nitrogens with zero attached hydrogens (tertiary/aromatic N) is 2. The van der Waals surface area contributed by atoms with Gasteiger partial charge in [0.2, 0.25) is 0 Å². The van der Waals surface area contributed by atoms with Gasteiger partial charge in [-0.1, -0.05) is 50.2 Å². The number of nitroso groups, excluding NO2 is 1. The Morgan fingerprint density at radius 3 is 1.58 bits per heavy atom. The van der Waals surface area contributed by atoms with E-state index in [1.165, 1.54) is 0 Å². The summed E-state index contributed by atoms with van der Waals surface area (Å²) < 4.78 is 0. The lowest BCUT2D eigenvalue weighted by Crippen LogP contribution is -2.33. The smallest absolute Gasteiger partial charge is 0.170 e.